The minimum Gasteiger partial charge on any atom is -0.444 e. The highest BCUT2D eigenvalue weighted by atomic mass is 16.6. The van der Waals surface area contributed by atoms with Crippen molar-refractivity contribution in [3.8, 4) is 0 Å². The molecule has 30 heavy (non-hydrogen) atoms. The molecule has 2 saturated heterocycles. The number of hydrogen-bond donors (Lipinski definition) is 1. The number of fused-ring (bicyclic) bond motifs is 2. The molecule has 166 valence electrons. The highest BCUT2D eigenvalue weighted by Crippen LogP contribution is 2.38. The molecule has 0 radical (unpaired) electrons. The molecule has 1 aromatic rings. The van der Waals surface area contributed by atoms with Gasteiger partial charge in [0.05, 0.1) is 11.7 Å². The van der Waals surface area contributed by atoms with Gasteiger partial charge < -0.3 is 20.3 Å². The van der Waals surface area contributed by atoms with E-state index in [1.54, 1.807) is 0 Å². The lowest BCUT2D eigenvalue weighted by molar-refractivity contribution is 0.00669. The van der Waals surface area contributed by atoms with Crippen LogP contribution >= 0.6 is 0 Å². The second-order valence-corrected chi connectivity index (χ2v) is 10.6. The fourth-order valence-corrected chi connectivity index (χ4v) is 5.37. The summed E-state index contributed by atoms with van der Waals surface area (Å²) in [5, 5.41) is 0. The van der Waals surface area contributed by atoms with E-state index in [1.165, 1.54) is 12.0 Å². The zero-order chi connectivity index (χ0) is 21.6. The number of aromatic nitrogens is 2. The molecule has 1 aromatic heterocycles. The number of nitrogens with two attached hydrogens (primary N) is 1. The first-order valence-electron chi connectivity index (χ1n) is 11.5. The predicted octanol–water partition coefficient (Wildman–Crippen LogP) is 3.66. The van der Waals surface area contributed by atoms with Crippen molar-refractivity contribution in [1.82, 2.24) is 14.9 Å². The summed E-state index contributed by atoms with van der Waals surface area (Å²) < 4.78 is 5.69. The van der Waals surface area contributed by atoms with Crippen LogP contribution in [0.3, 0.4) is 0 Å². The third-order valence-electron chi connectivity index (χ3n) is 6.96. The van der Waals surface area contributed by atoms with Crippen molar-refractivity contribution in [1.29, 1.82) is 0 Å². The number of ether oxygens (including phenoxy) is 1. The van der Waals surface area contributed by atoms with E-state index in [2.05, 4.69) is 28.7 Å². The first-order chi connectivity index (χ1) is 14.1. The maximum Gasteiger partial charge on any atom is 0.410 e. The molecule has 0 aromatic carbocycles. The average Bonchev–Trinajstić information content (AvgIpc) is 3.09. The summed E-state index contributed by atoms with van der Waals surface area (Å²) in [5.41, 5.74) is 8.05. The van der Waals surface area contributed by atoms with Gasteiger partial charge in [0, 0.05) is 25.2 Å². The van der Waals surface area contributed by atoms with Crippen molar-refractivity contribution >= 4 is 17.9 Å². The Hall–Kier alpha value is -2.05. The summed E-state index contributed by atoms with van der Waals surface area (Å²) in [6, 6.07) is 0.174. The van der Waals surface area contributed by atoms with Gasteiger partial charge in [-0.25, -0.2) is 9.78 Å². The van der Waals surface area contributed by atoms with Crippen molar-refractivity contribution in [2.75, 3.05) is 30.3 Å². The van der Waals surface area contributed by atoms with Crippen LogP contribution in [0, 0.1) is 17.8 Å². The lowest BCUT2D eigenvalue weighted by Gasteiger charge is -2.37. The summed E-state index contributed by atoms with van der Waals surface area (Å²) in [6.45, 7) is 12.8. The summed E-state index contributed by atoms with van der Waals surface area (Å²) in [7, 11) is 0. The van der Waals surface area contributed by atoms with Gasteiger partial charge in [0.15, 0.2) is 0 Å². The Morgan fingerprint density at radius 2 is 1.97 bits per heavy atom. The number of anilines is 2. The molecule has 7 nitrogen and oxygen atoms in total. The number of rotatable bonds is 2. The molecule has 3 atom stereocenters. The molecule has 4 rings (SSSR count). The second kappa shape index (κ2) is 7.89. The van der Waals surface area contributed by atoms with Gasteiger partial charge in [0.1, 0.15) is 11.4 Å². The molecule has 0 spiro atoms. The first-order valence-corrected chi connectivity index (χ1v) is 11.5. The molecule has 7 heteroatoms. The van der Waals surface area contributed by atoms with Crippen molar-refractivity contribution in [3.05, 3.63) is 11.3 Å². The predicted molar refractivity (Wildman–Crippen MR) is 118 cm³/mol. The van der Waals surface area contributed by atoms with E-state index in [1.807, 2.05) is 25.7 Å². The fourth-order valence-electron chi connectivity index (χ4n) is 5.37. The lowest BCUT2D eigenvalue weighted by atomic mass is 9.80. The Kier molecular flexibility index (Phi) is 5.58. The standard InChI is InChI=1S/C23H37N5O2/c1-14(2)15-8-9-17-18(11-15)25-21(24)26-20(17)27-12-16-7-6-10-28(19(16)13-27)22(29)30-23(3,4)5/h14-16,19H,6-13H2,1-5H3,(H2,24,25,26)/t15?,16-,19+/m1/s1. The Labute approximate surface area is 180 Å². The van der Waals surface area contributed by atoms with Gasteiger partial charge in [-0.15, -0.1) is 0 Å². The molecule has 0 saturated carbocycles. The van der Waals surface area contributed by atoms with E-state index in [9.17, 15) is 4.79 Å². The molecule has 3 heterocycles. The minimum absolute atomic E-state index is 0.174. The maximum absolute atomic E-state index is 12.8. The number of nitrogens with zero attached hydrogens (tertiary/aromatic N) is 4. The largest absolute Gasteiger partial charge is 0.444 e. The highest BCUT2D eigenvalue weighted by Gasteiger charge is 2.43. The zero-order valence-corrected chi connectivity index (χ0v) is 19.1. The van der Waals surface area contributed by atoms with E-state index in [0.29, 0.717) is 23.7 Å². The number of nitrogen functional groups attached to an aromatic ring is 1. The highest BCUT2D eigenvalue weighted by molar-refractivity contribution is 5.69. The quantitative estimate of drug-likeness (QED) is 0.794. The third kappa shape index (κ3) is 4.21. The van der Waals surface area contributed by atoms with E-state index in [-0.39, 0.29) is 12.1 Å². The number of carbonyl (C=O) groups is 1. The van der Waals surface area contributed by atoms with Crippen LogP contribution in [0.2, 0.25) is 0 Å². The number of carbonyl (C=O) groups excluding carboxylic acids is 1. The number of hydrogen-bond acceptors (Lipinski definition) is 6. The molecule has 0 bridgehead atoms. The maximum atomic E-state index is 12.8. The Bertz CT molecular complexity index is 804. The molecule has 2 aliphatic heterocycles. The first kappa shape index (κ1) is 21.2. The fraction of sp³-hybridized carbons (Fsp3) is 0.783. The molecule has 2 fully saturated rings. The molecular formula is C23H37N5O2. The minimum atomic E-state index is -0.477. The van der Waals surface area contributed by atoms with Crippen LogP contribution in [0.5, 0.6) is 0 Å². The lowest BCUT2D eigenvalue weighted by Crippen LogP contribution is -2.50. The van der Waals surface area contributed by atoms with E-state index < -0.39 is 5.60 Å². The summed E-state index contributed by atoms with van der Waals surface area (Å²) in [4.78, 5) is 26.4. The average molecular weight is 416 g/mol. The molecule has 1 unspecified atom stereocenters. The smallest absolute Gasteiger partial charge is 0.410 e. The van der Waals surface area contributed by atoms with Gasteiger partial charge in [-0.05, 0) is 70.6 Å². The normalized spacial score (nSPS) is 26.5. The van der Waals surface area contributed by atoms with Crippen molar-refractivity contribution in [2.24, 2.45) is 17.8 Å². The monoisotopic (exact) mass is 415 g/mol. The van der Waals surface area contributed by atoms with Gasteiger partial charge in [0.2, 0.25) is 5.95 Å². The van der Waals surface area contributed by atoms with Crippen molar-refractivity contribution in [2.45, 2.75) is 78.4 Å². The Balaban J connectivity index is 1.56. The topological polar surface area (TPSA) is 84.6 Å². The number of piperidine rings is 1. The van der Waals surface area contributed by atoms with Gasteiger partial charge in [-0.2, -0.15) is 4.98 Å². The van der Waals surface area contributed by atoms with Gasteiger partial charge in [0.25, 0.3) is 0 Å². The van der Waals surface area contributed by atoms with Crippen molar-refractivity contribution < 1.29 is 9.53 Å². The zero-order valence-electron chi connectivity index (χ0n) is 19.1. The third-order valence-corrected chi connectivity index (χ3v) is 6.96. The summed E-state index contributed by atoms with van der Waals surface area (Å²) >= 11 is 0. The summed E-state index contributed by atoms with van der Waals surface area (Å²) in [6.07, 6.45) is 5.14. The second-order valence-electron chi connectivity index (χ2n) is 10.6. The molecule has 1 aliphatic carbocycles. The SMILES string of the molecule is CC(C)C1CCc2c(nc(N)nc2N2C[C@H]3CCCN(C(=O)OC(C)(C)C)[C@H]3C2)C1. The van der Waals surface area contributed by atoms with E-state index in [4.69, 9.17) is 10.5 Å². The van der Waals surface area contributed by atoms with Gasteiger partial charge in [-0.3, -0.25) is 0 Å². The van der Waals surface area contributed by atoms with Gasteiger partial charge >= 0.3 is 6.09 Å². The van der Waals surface area contributed by atoms with Crippen LogP contribution in [-0.4, -0.2) is 52.2 Å². The van der Waals surface area contributed by atoms with Crippen LogP contribution in [0.4, 0.5) is 16.6 Å². The molecule has 3 aliphatic rings. The van der Waals surface area contributed by atoms with Crippen LogP contribution in [-0.2, 0) is 17.6 Å². The molecular weight excluding hydrogens is 378 g/mol. The van der Waals surface area contributed by atoms with Crippen LogP contribution in [0.1, 0.15) is 65.1 Å². The van der Waals surface area contributed by atoms with Gasteiger partial charge in [-0.1, -0.05) is 13.8 Å². The number of likely N-dealkylation sites (tertiary alicyclic amines) is 1. The van der Waals surface area contributed by atoms with Crippen LogP contribution < -0.4 is 10.6 Å². The Morgan fingerprint density at radius 1 is 1.20 bits per heavy atom. The number of amides is 1. The molecule has 2 N–H and O–H groups in total. The van der Waals surface area contributed by atoms with E-state index >= 15 is 0 Å². The van der Waals surface area contributed by atoms with E-state index in [0.717, 1.165) is 56.8 Å². The molecule has 1 amide bonds. The van der Waals surface area contributed by atoms with Crippen LogP contribution in [0.25, 0.3) is 0 Å². The summed E-state index contributed by atoms with van der Waals surface area (Å²) in [5.74, 6) is 3.12. The van der Waals surface area contributed by atoms with Crippen molar-refractivity contribution in [3.63, 3.8) is 0 Å². The Morgan fingerprint density at radius 3 is 2.67 bits per heavy atom. The van der Waals surface area contributed by atoms with Crippen LogP contribution in [0.15, 0.2) is 0 Å².